The Bertz CT molecular complexity index is 1430. The number of thiazole rings is 1. The lowest BCUT2D eigenvalue weighted by Gasteiger charge is -2.35. The normalized spacial score (nSPS) is 17.3. The van der Waals surface area contributed by atoms with Gasteiger partial charge in [-0.2, -0.15) is 4.31 Å². The van der Waals surface area contributed by atoms with Crippen molar-refractivity contribution in [2.75, 3.05) is 11.4 Å². The van der Waals surface area contributed by atoms with Crippen molar-refractivity contribution in [2.45, 2.75) is 36.1 Å². The summed E-state index contributed by atoms with van der Waals surface area (Å²) < 4.78 is 48.9. The number of amides is 1. The van der Waals surface area contributed by atoms with E-state index in [1.54, 1.807) is 24.3 Å². The fourth-order valence-corrected chi connectivity index (χ4v) is 8.24. The molecule has 5 rings (SSSR count). The molecule has 12 heteroatoms. The van der Waals surface area contributed by atoms with Crippen molar-refractivity contribution < 1.29 is 22.0 Å². The number of benzene rings is 1. The van der Waals surface area contributed by atoms with Crippen LogP contribution in [0.3, 0.4) is 0 Å². The van der Waals surface area contributed by atoms with Crippen molar-refractivity contribution >= 4 is 65.6 Å². The summed E-state index contributed by atoms with van der Waals surface area (Å²) in [5.74, 6) is -0.410. The van der Waals surface area contributed by atoms with Gasteiger partial charge in [-0.25, -0.2) is 17.8 Å². The molecule has 0 saturated carbocycles. The highest BCUT2D eigenvalue weighted by Crippen LogP contribution is 2.35. The van der Waals surface area contributed by atoms with Crippen molar-refractivity contribution in [3.8, 4) is 0 Å². The lowest BCUT2D eigenvalue weighted by atomic mass is 10.0. The molecule has 1 aliphatic rings. The molecule has 178 valence electrons. The number of para-hydroxylation sites is 1. The average Bonchev–Trinajstić information content (AvgIpc) is 3.58. The molecule has 1 fully saturated rings. The number of carbonyl (C=O) groups is 1. The van der Waals surface area contributed by atoms with Crippen LogP contribution in [0.1, 0.15) is 25.0 Å². The Hall–Kier alpha value is -2.31. The molecular formula is C22H19ClFN3O4S3. The number of halogens is 2. The predicted octanol–water partition coefficient (Wildman–Crippen LogP) is 5.52. The maximum Gasteiger partial charge on any atom is 0.253 e. The quantitative estimate of drug-likeness (QED) is 0.322. The highest BCUT2D eigenvalue weighted by molar-refractivity contribution is 7.91. The Kier molecular flexibility index (Phi) is 6.47. The highest BCUT2D eigenvalue weighted by Gasteiger charge is 2.41. The van der Waals surface area contributed by atoms with Crippen LogP contribution in [0.4, 0.5) is 9.52 Å². The number of carbonyl (C=O) groups excluding carboxylic acids is 1. The molecule has 0 unspecified atom stereocenters. The number of hydrogen-bond acceptors (Lipinski definition) is 7. The molecule has 3 aromatic heterocycles. The van der Waals surface area contributed by atoms with Gasteiger partial charge >= 0.3 is 0 Å². The van der Waals surface area contributed by atoms with Gasteiger partial charge < -0.3 is 4.42 Å². The summed E-state index contributed by atoms with van der Waals surface area (Å²) in [6, 6.07) is 10.1. The van der Waals surface area contributed by atoms with Gasteiger partial charge in [0.05, 0.1) is 21.8 Å². The lowest BCUT2D eigenvalue weighted by Crippen LogP contribution is -2.52. The molecule has 4 aromatic rings. The SMILES string of the molecule is O=C([C@H]1CCCCN1S(=O)(=O)c1ccc(Cl)s1)N(Cc1ccco1)c1nc2c(F)cccc2s1. The molecule has 1 saturated heterocycles. The monoisotopic (exact) mass is 539 g/mol. The fraction of sp³-hybridized carbons (Fsp3) is 0.273. The summed E-state index contributed by atoms with van der Waals surface area (Å²) in [5, 5.41) is 0.281. The molecular weight excluding hydrogens is 521 g/mol. The topological polar surface area (TPSA) is 83.7 Å². The van der Waals surface area contributed by atoms with Crippen LogP contribution in [0.5, 0.6) is 0 Å². The van der Waals surface area contributed by atoms with Gasteiger partial charge in [-0.15, -0.1) is 11.3 Å². The van der Waals surface area contributed by atoms with Crippen LogP contribution in [-0.2, 0) is 21.4 Å². The highest BCUT2D eigenvalue weighted by atomic mass is 35.5. The first kappa shape index (κ1) is 23.4. The largest absolute Gasteiger partial charge is 0.467 e. The van der Waals surface area contributed by atoms with Crippen LogP contribution in [0.2, 0.25) is 4.34 Å². The van der Waals surface area contributed by atoms with Crippen molar-refractivity contribution in [1.82, 2.24) is 9.29 Å². The number of aromatic nitrogens is 1. The number of sulfonamides is 1. The number of piperidine rings is 1. The number of nitrogens with zero attached hydrogens (tertiary/aromatic N) is 3. The Balaban J connectivity index is 1.54. The lowest BCUT2D eigenvalue weighted by molar-refractivity contribution is -0.123. The van der Waals surface area contributed by atoms with Crippen molar-refractivity contribution in [3.05, 3.63) is 64.6 Å². The molecule has 0 bridgehead atoms. The van der Waals surface area contributed by atoms with Gasteiger partial charge in [0.2, 0.25) is 5.91 Å². The Morgan fingerprint density at radius 2 is 2.06 bits per heavy atom. The van der Waals surface area contributed by atoms with E-state index in [-0.39, 0.29) is 27.9 Å². The third-order valence-electron chi connectivity index (χ3n) is 5.60. The molecule has 1 atom stereocenters. The minimum Gasteiger partial charge on any atom is -0.467 e. The first-order valence-electron chi connectivity index (χ1n) is 10.5. The van der Waals surface area contributed by atoms with Gasteiger partial charge in [0, 0.05) is 6.54 Å². The van der Waals surface area contributed by atoms with Gasteiger partial charge in [-0.05, 0) is 49.2 Å². The standard InChI is InChI=1S/C22H19ClFN3O4S3/c23-18-9-10-19(33-18)34(29,30)27-11-2-1-7-16(27)21(28)26(13-14-5-4-12-31-14)22-25-20-15(24)6-3-8-17(20)32-22/h3-6,8-10,12,16H,1-2,7,11,13H2/t16-/m1/s1. The number of fused-ring (bicyclic) bond motifs is 1. The number of hydrogen-bond donors (Lipinski definition) is 0. The van der Waals surface area contributed by atoms with Crippen molar-refractivity contribution in [1.29, 1.82) is 0 Å². The molecule has 7 nitrogen and oxygen atoms in total. The zero-order valence-electron chi connectivity index (χ0n) is 17.7. The zero-order chi connectivity index (χ0) is 23.9. The van der Waals surface area contributed by atoms with Gasteiger partial charge in [-0.1, -0.05) is 35.4 Å². The van der Waals surface area contributed by atoms with E-state index in [4.69, 9.17) is 16.0 Å². The molecule has 0 aliphatic carbocycles. The van der Waals surface area contributed by atoms with E-state index < -0.39 is 27.8 Å². The predicted molar refractivity (Wildman–Crippen MR) is 130 cm³/mol. The average molecular weight is 540 g/mol. The molecule has 1 aromatic carbocycles. The zero-order valence-corrected chi connectivity index (χ0v) is 20.9. The third kappa shape index (κ3) is 4.38. The smallest absolute Gasteiger partial charge is 0.253 e. The number of thiophene rings is 1. The van der Waals surface area contributed by atoms with E-state index in [0.29, 0.717) is 34.1 Å². The third-order valence-corrected chi connectivity index (χ3v) is 10.3. The first-order valence-corrected chi connectivity index (χ1v) is 14.0. The number of anilines is 1. The molecule has 1 aliphatic heterocycles. The van der Waals surface area contributed by atoms with E-state index in [0.717, 1.165) is 11.3 Å². The van der Waals surface area contributed by atoms with Crippen LogP contribution in [0.25, 0.3) is 10.2 Å². The summed E-state index contributed by atoms with van der Waals surface area (Å²) in [6.07, 6.45) is 3.21. The second-order valence-electron chi connectivity index (χ2n) is 7.77. The van der Waals surface area contributed by atoms with Crippen molar-refractivity contribution in [2.24, 2.45) is 0 Å². The van der Waals surface area contributed by atoms with E-state index in [1.165, 1.54) is 45.0 Å². The van der Waals surface area contributed by atoms with Gasteiger partial charge in [0.1, 0.15) is 27.3 Å². The van der Waals surface area contributed by atoms with Crippen LogP contribution in [0, 0.1) is 5.82 Å². The molecule has 34 heavy (non-hydrogen) atoms. The number of furan rings is 1. The summed E-state index contributed by atoms with van der Waals surface area (Å²) in [6.45, 7) is 0.264. The van der Waals surface area contributed by atoms with Gasteiger partial charge in [-0.3, -0.25) is 9.69 Å². The van der Waals surface area contributed by atoms with Crippen LogP contribution >= 0.6 is 34.3 Å². The Labute approximate surface area is 208 Å². The molecule has 0 spiro atoms. The fourth-order valence-electron chi connectivity index (χ4n) is 3.99. The maximum absolute atomic E-state index is 14.3. The molecule has 4 heterocycles. The minimum absolute atomic E-state index is 0.0441. The van der Waals surface area contributed by atoms with E-state index in [9.17, 15) is 17.6 Å². The second-order valence-corrected chi connectivity index (χ2v) is 12.6. The van der Waals surface area contributed by atoms with Crippen LogP contribution < -0.4 is 4.90 Å². The van der Waals surface area contributed by atoms with E-state index >= 15 is 0 Å². The van der Waals surface area contributed by atoms with E-state index in [1.807, 2.05) is 0 Å². The van der Waals surface area contributed by atoms with Gasteiger partial charge in [0.25, 0.3) is 10.0 Å². The number of rotatable bonds is 6. The first-order chi connectivity index (χ1) is 16.3. The van der Waals surface area contributed by atoms with Gasteiger partial charge in [0.15, 0.2) is 5.13 Å². The minimum atomic E-state index is -3.92. The maximum atomic E-state index is 14.3. The summed E-state index contributed by atoms with van der Waals surface area (Å²) >= 11 is 8.11. The molecule has 0 N–H and O–H groups in total. The molecule has 0 radical (unpaired) electrons. The van der Waals surface area contributed by atoms with Crippen molar-refractivity contribution in [3.63, 3.8) is 0 Å². The van der Waals surface area contributed by atoms with Crippen LogP contribution in [0.15, 0.2) is 57.4 Å². The summed E-state index contributed by atoms with van der Waals surface area (Å²) in [5.41, 5.74) is 0.168. The Morgan fingerprint density at radius 1 is 1.21 bits per heavy atom. The summed E-state index contributed by atoms with van der Waals surface area (Å²) in [4.78, 5) is 19.7. The van der Waals surface area contributed by atoms with E-state index in [2.05, 4.69) is 4.98 Å². The van der Waals surface area contributed by atoms with Crippen LogP contribution in [-0.4, -0.2) is 36.2 Å². The Morgan fingerprint density at radius 3 is 2.76 bits per heavy atom. The summed E-state index contributed by atoms with van der Waals surface area (Å²) in [7, 11) is -3.92. The molecule has 1 amide bonds. The second kappa shape index (κ2) is 9.38.